The highest BCUT2D eigenvalue weighted by Crippen LogP contribution is 2.23. The molecule has 1 aromatic rings. The summed E-state index contributed by atoms with van der Waals surface area (Å²) in [6.45, 7) is 5.39. The second kappa shape index (κ2) is 5.27. The van der Waals surface area contributed by atoms with Crippen LogP contribution in [0.4, 0.5) is 5.82 Å². The molecule has 0 saturated carbocycles. The van der Waals surface area contributed by atoms with E-state index >= 15 is 0 Å². The van der Waals surface area contributed by atoms with E-state index in [0.29, 0.717) is 16.0 Å². The highest BCUT2D eigenvalue weighted by molar-refractivity contribution is 9.10. The fraction of sp³-hybridized carbons (Fsp3) is 0.364. The van der Waals surface area contributed by atoms with Crippen molar-refractivity contribution in [3.8, 4) is 0 Å². The predicted molar refractivity (Wildman–Crippen MR) is 70.2 cm³/mol. The Morgan fingerprint density at radius 1 is 1.59 bits per heavy atom. The molecule has 3 N–H and O–H groups in total. The first-order valence-corrected chi connectivity index (χ1v) is 5.88. The van der Waals surface area contributed by atoms with Gasteiger partial charge in [-0.3, -0.25) is 0 Å². The number of carboxylic acid groups (broad SMARTS) is 1. The van der Waals surface area contributed by atoms with Crippen LogP contribution in [0.2, 0.25) is 0 Å². The van der Waals surface area contributed by atoms with Crippen molar-refractivity contribution in [2.24, 2.45) is 0 Å². The van der Waals surface area contributed by atoms with Crippen LogP contribution in [0.3, 0.4) is 0 Å². The summed E-state index contributed by atoms with van der Waals surface area (Å²) in [7, 11) is 0. The number of anilines is 1. The Kier molecular flexibility index (Phi) is 4.22. The summed E-state index contributed by atoms with van der Waals surface area (Å²) in [4.78, 5) is 15.3. The number of halogens is 1. The normalized spacial score (nSPS) is 10.4. The van der Waals surface area contributed by atoms with E-state index in [1.54, 1.807) is 6.92 Å². The van der Waals surface area contributed by atoms with Crippen LogP contribution in [-0.4, -0.2) is 27.8 Å². The van der Waals surface area contributed by atoms with E-state index in [0.717, 1.165) is 0 Å². The molecule has 1 rings (SSSR count). The van der Waals surface area contributed by atoms with Crippen LogP contribution in [0.15, 0.2) is 10.7 Å². The van der Waals surface area contributed by atoms with Crippen LogP contribution in [0.1, 0.15) is 36.7 Å². The van der Waals surface area contributed by atoms with E-state index in [1.165, 1.54) is 6.07 Å². The second-order valence-corrected chi connectivity index (χ2v) is 4.76. The molecule has 0 amide bonds. The van der Waals surface area contributed by atoms with Crippen molar-refractivity contribution in [1.82, 2.24) is 4.98 Å². The Morgan fingerprint density at radius 3 is 2.59 bits per heavy atom. The standard InChI is InChI=1S/C11H14BrN3O2/c1-5(2)14-10-9(6(3)13)7(11(16)17)4-8(12)15-10/h4-5,13H,1-3H3,(H,14,15)(H,16,17). The maximum atomic E-state index is 11.1. The lowest BCUT2D eigenvalue weighted by atomic mass is 10.1. The average Bonchev–Trinajstić information content (AvgIpc) is 2.14. The molecule has 0 bridgehead atoms. The van der Waals surface area contributed by atoms with Gasteiger partial charge in [-0.2, -0.15) is 0 Å². The Morgan fingerprint density at radius 2 is 2.18 bits per heavy atom. The summed E-state index contributed by atoms with van der Waals surface area (Å²) in [5.74, 6) is -0.652. The van der Waals surface area contributed by atoms with Crippen molar-refractivity contribution < 1.29 is 9.90 Å². The number of carbonyl (C=O) groups is 1. The molecule has 1 aromatic heterocycles. The zero-order chi connectivity index (χ0) is 13.2. The van der Waals surface area contributed by atoms with E-state index in [4.69, 9.17) is 10.5 Å². The van der Waals surface area contributed by atoms with Gasteiger partial charge in [0, 0.05) is 11.8 Å². The molecular formula is C11H14BrN3O2. The monoisotopic (exact) mass is 299 g/mol. The molecule has 0 fully saturated rings. The number of pyridine rings is 1. The molecule has 0 atom stereocenters. The number of nitrogens with zero attached hydrogens (tertiary/aromatic N) is 1. The fourth-order valence-corrected chi connectivity index (χ4v) is 1.85. The summed E-state index contributed by atoms with van der Waals surface area (Å²) in [6.07, 6.45) is 0. The van der Waals surface area contributed by atoms with Crippen molar-refractivity contribution in [1.29, 1.82) is 5.41 Å². The van der Waals surface area contributed by atoms with Gasteiger partial charge >= 0.3 is 5.97 Å². The number of aromatic carboxylic acids is 1. The molecule has 0 radical (unpaired) electrons. The molecule has 0 aliphatic rings. The highest BCUT2D eigenvalue weighted by atomic mass is 79.9. The molecule has 0 aliphatic carbocycles. The van der Waals surface area contributed by atoms with E-state index < -0.39 is 5.97 Å². The van der Waals surface area contributed by atoms with Gasteiger partial charge in [-0.05, 0) is 42.8 Å². The van der Waals surface area contributed by atoms with Crippen LogP contribution in [0, 0.1) is 5.41 Å². The van der Waals surface area contributed by atoms with Crippen molar-refractivity contribution >= 4 is 33.4 Å². The summed E-state index contributed by atoms with van der Waals surface area (Å²) >= 11 is 3.17. The predicted octanol–water partition coefficient (Wildman–Crippen LogP) is 2.75. The fourth-order valence-electron chi connectivity index (χ4n) is 1.44. The molecule has 0 spiro atoms. The first-order chi connectivity index (χ1) is 7.82. The van der Waals surface area contributed by atoms with Crippen molar-refractivity contribution in [3.05, 3.63) is 21.8 Å². The summed E-state index contributed by atoms with van der Waals surface area (Å²) < 4.78 is 0.433. The SMILES string of the molecule is CC(=N)c1c(C(=O)O)cc(Br)nc1NC(C)C. The number of nitrogens with one attached hydrogen (secondary N) is 2. The number of rotatable bonds is 4. The topological polar surface area (TPSA) is 86.1 Å². The number of hydrogen-bond acceptors (Lipinski definition) is 4. The molecule has 0 aliphatic heterocycles. The van der Waals surface area contributed by atoms with Gasteiger partial charge in [0.15, 0.2) is 0 Å². The van der Waals surface area contributed by atoms with Gasteiger partial charge < -0.3 is 15.8 Å². The Balaban J connectivity index is 3.46. The minimum Gasteiger partial charge on any atom is -0.478 e. The largest absolute Gasteiger partial charge is 0.478 e. The lowest BCUT2D eigenvalue weighted by molar-refractivity contribution is 0.0696. The van der Waals surface area contributed by atoms with Gasteiger partial charge in [0.1, 0.15) is 10.4 Å². The minimum atomic E-state index is -1.07. The van der Waals surface area contributed by atoms with E-state index in [1.807, 2.05) is 13.8 Å². The van der Waals surface area contributed by atoms with Crippen LogP contribution < -0.4 is 5.32 Å². The molecule has 17 heavy (non-hydrogen) atoms. The first kappa shape index (κ1) is 13.6. The van der Waals surface area contributed by atoms with Crippen LogP contribution in [0.25, 0.3) is 0 Å². The maximum absolute atomic E-state index is 11.1. The maximum Gasteiger partial charge on any atom is 0.336 e. The second-order valence-electron chi connectivity index (χ2n) is 3.95. The zero-order valence-corrected chi connectivity index (χ0v) is 11.4. The molecule has 92 valence electrons. The molecule has 0 saturated heterocycles. The summed E-state index contributed by atoms with van der Waals surface area (Å²) in [5, 5.41) is 19.8. The van der Waals surface area contributed by atoms with Crippen LogP contribution >= 0.6 is 15.9 Å². The molecular weight excluding hydrogens is 286 g/mol. The van der Waals surface area contributed by atoms with Gasteiger partial charge in [0.25, 0.3) is 0 Å². The first-order valence-electron chi connectivity index (χ1n) is 5.08. The molecule has 0 aromatic carbocycles. The van der Waals surface area contributed by atoms with Gasteiger partial charge in [-0.15, -0.1) is 0 Å². The number of aromatic nitrogens is 1. The summed E-state index contributed by atoms with van der Waals surface area (Å²) in [5.41, 5.74) is 0.572. The third kappa shape index (κ3) is 3.26. The van der Waals surface area contributed by atoms with E-state index in [9.17, 15) is 4.79 Å². The van der Waals surface area contributed by atoms with Gasteiger partial charge in [-0.1, -0.05) is 0 Å². The van der Waals surface area contributed by atoms with Crippen LogP contribution in [0.5, 0.6) is 0 Å². The van der Waals surface area contributed by atoms with Crippen molar-refractivity contribution in [3.63, 3.8) is 0 Å². The quantitative estimate of drug-likeness (QED) is 0.589. The lowest BCUT2D eigenvalue weighted by Crippen LogP contribution is -2.17. The lowest BCUT2D eigenvalue weighted by Gasteiger charge is -2.15. The van der Waals surface area contributed by atoms with Crippen LogP contribution in [-0.2, 0) is 0 Å². The third-order valence-corrected chi connectivity index (χ3v) is 2.43. The average molecular weight is 300 g/mol. The molecule has 5 nitrogen and oxygen atoms in total. The van der Waals surface area contributed by atoms with Gasteiger partial charge in [0.2, 0.25) is 0 Å². The van der Waals surface area contributed by atoms with E-state index in [-0.39, 0.29) is 17.3 Å². The molecule has 1 heterocycles. The van der Waals surface area contributed by atoms with E-state index in [2.05, 4.69) is 26.2 Å². The third-order valence-electron chi connectivity index (χ3n) is 2.02. The smallest absolute Gasteiger partial charge is 0.336 e. The zero-order valence-electron chi connectivity index (χ0n) is 9.84. The van der Waals surface area contributed by atoms with Gasteiger partial charge in [0.05, 0.1) is 11.1 Å². The number of hydrogen-bond donors (Lipinski definition) is 3. The Hall–Kier alpha value is -1.43. The van der Waals surface area contributed by atoms with Crippen molar-refractivity contribution in [2.75, 3.05) is 5.32 Å². The Labute approximate surface area is 108 Å². The Bertz CT molecular complexity index is 472. The molecule has 0 unspecified atom stereocenters. The summed E-state index contributed by atoms with van der Waals surface area (Å²) in [6, 6.07) is 1.51. The van der Waals surface area contributed by atoms with Crippen molar-refractivity contribution in [2.45, 2.75) is 26.8 Å². The highest BCUT2D eigenvalue weighted by Gasteiger charge is 2.19. The molecule has 6 heteroatoms. The number of carboxylic acids is 1. The minimum absolute atomic E-state index is 0.0718. The van der Waals surface area contributed by atoms with Gasteiger partial charge in [-0.25, -0.2) is 9.78 Å².